The van der Waals surface area contributed by atoms with Crippen molar-refractivity contribution >= 4 is 33.4 Å². The van der Waals surface area contributed by atoms with E-state index in [0.717, 1.165) is 21.3 Å². The second-order valence-corrected chi connectivity index (χ2v) is 7.66. The number of ether oxygens (including phenoxy) is 1. The van der Waals surface area contributed by atoms with Gasteiger partial charge in [-0.15, -0.1) is 0 Å². The van der Waals surface area contributed by atoms with Gasteiger partial charge in [0.2, 0.25) is 5.91 Å². The summed E-state index contributed by atoms with van der Waals surface area (Å²) < 4.78 is 6.46. The molecule has 0 saturated carbocycles. The van der Waals surface area contributed by atoms with Crippen molar-refractivity contribution < 1.29 is 14.3 Å². The lowest BCUT2D eigenvalue weighted by Gasteiger charge is -2.13. The van der Waals surface area contributed by atoms with Gasteiger partial charge in [0.05, 0.1) is 6.54 Å². The largest absolute Gasteiger partial charge is 0.484 e. The van der Waals surface area contributed by atoms with E-state index < -0.39 is 0 Å². The molecule has 0 aliphatic heterocycles. The quantitative estimate of drug-likeness (QED) is 0.684. The lowest BCUT2D eigenvalue weighted by atomic mass is 9.98. The summed E-state index contributed by atoms with van der Waals surface area (Å²) in [6.07, 6.45) is 0. The first-order valence-corrected chi connectivity index (χ1v) is 9.61. The zero-order valence-corrected chi connectivity index (χ0v) is 17.6. The zero-order chi connectivity index (χ0) is 20.0. The van der Waals surface area contributed by atoms with Crippen molar-refractivity contribution in [3.05, 3.63) is 57.6 Å². The Balaban J connectivity index is 1.79. The van der Waals surface area contributed by atoms with Crippen molar-refractivity contribution in [3.63, 3.8) is 0 Å². The summed E-state index contributed by atoms with van der Waals surface area (Å²) in [6, 6.07) is 11.4. The van der Waals surface area contributed by atoms with Crippen molar-refractivity contribution in [2.45, 2.75) is 33.6 Å². The standard InChI is InChI=1S/C21H25BrN2O3/c1-13(2)18-7-6-17(10-14(18)3)27-12-21(26)23-11-20(25)24-19-8-5-16(22)9-15(19)4/h5-10,13H,11-12H2,1-4H3,(H,23,26)(H,24,25). The molecule has 2 N–H and O–H groups in total. The molecular formula is C21H25BrN2O3. The smallest absolute Gasteiger partial charge is 0.258 e. The average Bonchev–Trinajstić information content (AvgIpc) is 2.60. The lowest BCUT2D eigenvalue weighted by molar-refractivity contribution is -0.125. The Morgan fingerprint density at radius 2 is 1.78 bits per heavy atom. The number of carbonyl (C=O) groups excluding carboxylic acids is 2. The highest BCUT2D eigenvalue weighted by Crippen LogP contribution is 2.23. The normalized spacial score (nSPS) is 10.6. The third kappa shape index (κ3) is 6.40. The third-order valence-corrected chi connectivity index (χ3v) is 4.64. The summed E-state index contributed by atoms with van der Waals surface area (Å²) >= 11 is 3.38. The van der Waals surface area contributed by atoms with Gasteiger partial charge in [-0.25, -0.2) is 0 Å². The van der Waals surface area contributed by atoms with Gasteiger partial charge in [0.1, 0.15) is 5.75 Å². The molecule has 0 radical (unpaired) electrons. The molecule has 144 valence electrons. The van der Waals surface area contributed by atoms with Crippen molar-refractivity contribution in [1.82, 2.24) is 5.32 Å². The topological polar surface area (TPSA) is 67.4 Å². The van der Waals surface area contributed by atoms with E-state index in [1.807, 2.05) is 50.2 Å². The van der Waals surface area contributed by atoms with E-state index in [-0.39, 0.29) is 25.0 Å². The number of hydrogen-bond acceptors (Lipinski definition) is 3. The number of aryl methyl sites for hydroxylation is 2. The Labute approximate surface area is 168 Å². The molecule has 0 atom stereocenters. The summed E-state index contributed by atoms with van der Waals surface area (Å²) in [4.78, 5) is 23.9. The summed E-state index contributed by atoms with van der Waals surface area (Å²) in [5.74, 6) is 0.450. The predicted molar refractivity (Wildman–Crippen MR) is 111 cm³/mol. The van der Waals surface area contributed by atoms with E-state index in [1.54, 1.807) is 0 Å². The monoisotopic (exact) mass is 432 g/mol. The summed E-state index contributed by atoms with van der Waals surface area (Å²) in [7, 11) is 0. The van der Waals surface area contributed by atoms with Crippen LogP contribution in [0.15, 0.2) is 40.9 Å². The van der Waals surface area contributed by atoms with Gasteiger partial charge in [0.15, 0.2) is 6.61 Å². The third-order valence-electron chi connectivity index (χ3n) is 4.14. The van der Waals surface area contributed by atoms with Crippen LogP contribution in [0.25, 0.3) is 0 Å². The molecular weight excluding hydrogens is 408 g/mol. The molecule has 0 aliphatic carbocycles. The van der Waals surface area contributed by atoms with Crippen LogP contribution in [-0.4, -0.2) is 25.0 Å². The van der Waals surface area contributed by atoms with Crippen LogP contribution in [0, 0.1) is 13.8 Å². The first-order valence-electron chi connectivity index (χ1n) is 8.82. The maximum absolute atomic E-state index is 12.0. The van der Waals surface area contributed by atoms with Crippen LogP contribution >= 0.6 is 15.9 Å². The van der Waals surface area contributed by atoms with E-state index in [9.17, 15) is 9.59 Å². The fourth-order valence-electron chi connectivity index (χ4n) is 2.73. The first kappa shape index (κ1) is 21.0. The Kier molecular flexibility index (Phi) is 7.42. The van der Waals surface area contributed by atoms with E-state index in [2.05, 4.69) is 40.4 Å². The number of nitrogens with one attached hydrogen (secondary N) is 2. The van der Waals surface area contributed by atoms with Crippen molar-refractivity contribution in [2.24, 2.45) is 0 Å². The maximum Gasteiger partial charge on any atom is 0.258 e. The molecule has 0 fully saturated rings. The van der Waals surface area contributed by atoms with Gasteiger partial charge in [-0.1, -0.05) is 35.8 Å². The van der Waals surface area contributed by atoms with Gasteiger partial charge in [-0.3, -0.25) is 9.59 Å². The summed E-state index contributed by atoms with van der Waals surface area (Å²) in [5, 5.41) is 5.34. The van der Waals surface area contributed by atoms with Crippen LogP contribution in [0.5, 0.6) is 5.75 Å². The molecule has 0 bridgehead atoms. The van der Waals surface area contributed by atoms with Gasteiger partial charge in [0.25, 0.3) is 5.91 Å². The van der Waals surface area contributed by atoms with Crippen LogP contribution < -0.4 is 15.4 Å². The minimum absolute atomic E-state index is 0.108. The molecule has 0 saturated heterocycles. The molecule has 2 amide bonds. The Hall–Kier alpha value is -2.34. The minimum Gasteiger partial charge on any atom is -0.484 e. The van der Waals surface area contributed by atoms with Crippen molar-refractivity contribution in [2.75, 3.05) is 18.5 Å². The molecule has 2 aromatic rings. The molecule has 6 heteroatoms. The van der Waals surface area contributed by atoms with E-state index in [1.165, 1.54) is 5.56 Å². The van der Waals surface area contributed by atoms with E-state index >= 15 is 0 Å². The van der Waals surface area contributed by atoms with Crippen LogP contribution in [-0.2, 0) is 9.59 Å². The maximum atomic E-state index is 12.0. The number of amides is 2. The molecule has 2 rings (SSSR count). The molecule has 0 aromatic heterocycles. The number of halogens is 1. The molecule has 5 nitrogen and oxygen atoms in total. The second-order valence-electron chi connectivity index (χ2n) is 6.75. The number of carbonyl (C=O) groups is 2. The van der Waals surface area contributed by atoms with E-state index in [4.69, 9.17) is 4.74 Å². The Bertz CT molecular complexity index is 834. The Morgan fingerprint density at radius 3 is 2.41 bits per heavy atom. The fourth-order valence-corrected chi connectivity index (χ4v) is 3.20. The summed E-state index contributed by atoms with van der Waals surface area (Å²) in [5.41, 5.74) is 4.04. The molecule has 27 heavy (non-hydrogen) atoms. The molecule has 0 heterocycles. The van der Waals surface area contributed by atoms with Gasteiger partial charge >= 0.3 is 0 Å². The molecule has 0 spiro atoms. The summed E-state index contributed by atoms with van der Waals surface area (Å²) in [6.45, 7) is 7.96. The predicted octanol–water partition coefficient (Wildman–Crippen LogP) is 4.32. The average molecular weight is 433 g/mol. The highest BCUT2D eigenvalue weighted by molar-refractivity contribution is 9.10. The number of benzene rings is 2. The van der Waals surface area contributed by atoms with Crippen LogP contribution in [0.2, 0.25) is 0 Å². The fraction of sp³-hybridized carbons (Fsp3) is 0.333. The first-order chi connectivity index (χ1) is 12.8. The van der Waals surface area contributed by atoms with Crippen LogP contribution in [0.4, 0.5) is 5.69 Å². The van der Waals surface area contributed by atoms with Crippen LogP contribution in [0.3, 0.4) is 0 Å². The lowest BCUT2D eigenvalue weighted by Crippen LogP contribution is -2.35. The van der Waals surface area contributed by atoms with Gasteiger partial charge in [0, 0.05) is 10.2 Å². The Morgan fingerprint density at radius 1 is 1.04 bits per heavy atom. The minimum atomic E-state index is -0.344. The highest BCUT2D eigenvalue weighted by Gasteiger charge is 2.09. The molecule has 2 aromatic carbocycles. The number of rotatable bonds is 7. The van der Waals surface area contributed by atoms with Gasteiger partial charge in [-0.2, -0.15) is 0 Å². The number of hydrogen-bond donors (Lipinski definition) is 2. The molecule has 0 aliphatic rings. The van der Waals surface area contributed by atoms with Crippen LogP contribution in [0.1, 0.15) is 36.5 Å². The zero-order valence-electron chi connectivity index (χ0n) is 16.1. The van der Waals surface area contributed by atoms with Crippen molar-refractivity contribution in [3.8, 4) is 5.75 Å². The number of anilines is 1. The van der Waals surface area contributed by atoms with Gasteiger partial charge < -0.3 is 15.4 Å². The second kappa shape index (κ2) is 9.55. The SMILES string of the molecule is Cc1cc(Br)ccc1NC(=O)CNC(=O)COc1ccc(C(C)C)c(C)c1. The highest BCUT2D eigenvalue weighted by atomic mass is 79.9. The van der Waals surface area contributed by atoms with Crippen molar-refractivity contribution in [1.29, 1.82) is 0 Å². The molecule has 0 unspecified atom stereocenters. The van der Waals surface area contributed by atoms with E-state index in [0.29, 0.717) is 11.7 Å². The van der Waals surface area contributed by atoms with Gasteiger partial charge in [-0.05, 0) is 66.8 Å².